The lowest BCUT2D eigenvalue weighted by Gasteiger charge is -2.06. The van der Waals surface area contributed by atoms with Crippen molar-refractivity contribution in [3.63, 3.8) is 0 Å². The number of nitrogens with zero attached hydrogens (tertiary/aromatic N) is 1. The van der Waals surface area contributed by atoms with E-state index in [4.69, 9.17) is 0 Å². The Morgan fingerprint density at radius 3 is 2.94 bits per heavy atom. The zero-order valence-corrected chi connectivity index (χ0v) is 11.4. The summed E-state index contributed by atoms with van der Waals surface area (Å²) in [6.07, 6.45) is 5.61. The second-order valence-corrected chi connectivity index (χ2v) is 5.26. The van der Waals surface area contributed by atoms with Crippen LogP contribution in [0.2, 0.25) is 0 Å². The number of fused-ring (bicyclic) bond motifs is 1. The standard InChI is InChI=1S/C14H20N2S/c1-15-11-12-4-5-13-6-8-16(14(13)10-12)7-3-9-17-2/h4-6,8,10,15H,3,7,9,11H2,1-2H3. The normalized spacial score (nSPS) is 11.2. The molecule has 2 aromatic rings. The number of aromatic nitrogens is 1. The Balaban J connectivity index is 2.20. The lowest BCUT2D eigenvalue weighted by Crippen LogP contribution is -2.05. The molecule has 0 aliphatic rings. The van der Waals surface area contributed by atoms with Crippen LogP contribution < -0.4 is 5.32 Å². The summed E-state index contributed by atoms with van der Waals surface area (Å²) in [4.78, 5) is 0. The van der Waals surface area contributed by atoms with Gasteiger partial charge in [0.25, 0.3) is 0 Å². The van der Waals surface area contributed by atoms with Gasteiger partial charge in [-0.1, -0.05) is 12.1 Å². The van der Waals surface area contributed by atoms with Gasteiger partial charge in [-0.15, -0.1) is 0 Å². The van der Waals surface area contributed by atoms with Crippen molar-refractivity contribution in [2.24, 2.45) is 0 Å². The summed E-state index contributed by atoms with van der Waals surface area (Å²) in [7, 11) is 1.99. The molecule has 0 saturated heterocycles. The highest BCUT2D eigenvalue weighted by Gasteiger charge is 2.01. The van der Waals surface area contributed by atoms with Crippen LogP contribution in [0.1, 0.15) is 12.0 Å². The maximum Gasteiger partial charge on any atom is 0.0483 e. The molecule has 0 fully saturated rings. The zero-order chi connectivity index (χ0) is 12.1. The predicted octanol–water partition coefficient (Wildman–Crippen LogP) is 3.11. The molecule has 0 aliphatic heterocycles. The summed E-state index contributed by atoms with van der Waals surface area (Å²) in [6, 6.07) is 8.92. The van der Waals surface area contributed by atoms with E-state index < -0.39 is 0 Å². The first kappa shape index (κ1) is 12.5. The molecule has 0 radical (unpaired) electrons. The smallest absolute Gasteiger partial charge is 0.0483 e. The molecule has 0 bridgehead atoms. The Hall–Kier alpha value is -0.930. The van der Waals surface area contributed by atoms with E-state index in [-0.39, 0.29) is 0 Å². The molecular formula is C14H20N2S. The number of rotatable bonds is 6. The lowest BCUT2D eigenvalue weighted by molar-refractivity contribution is 0.708. The molecule has 0 amide bonds. The van der Waals surface area contributed by atoms with Crippen LogP contribution in [0.3, 0.4) is 0 Å². The molecule has 0 atom stereocenters. The van der Waals surface area contributed by atoms with Gasteiger partial charge in [-0.2, -0.15) is 11.8 Å². The molecule has 17 heavy (non-hydrogen) atoms. The van der Waals surface area contributed by atoms with Crippen molar-refractivity contribution in [3.8, 4) is 0 Å². The number of thioether (sulfide) groups is 1. The van der Waals surface area contributed by atoms with E-state index in [9.17, 15) is 0 Å². The van der Waals surface area contributed by atoms with E-state index >= 15 is 0 Å². The van der Waals surface area contributed by atoms with Gasteiger partial charge in [0.15, 0.2) is 0 Å². The second-order valence-electron chi connectivity index (χ2n) is 4.28. The van der Waals surface area contributed by atoms with Gasteiger partial charge in [0.1, 0.15) is 0 Å². The molecule has 1 N–H and O–H groups in total. The minimum Gasteiger partial charge on any atom is -0.347 e. The van der Waals surface area contributed by atoms with Crippen molar-refractivity contribution in [2.45, 2.75) is 19.5 Å². The van der Waals surface area contributed by atoms with Gasteiger partial charge in [-0.05, 0) is 48.6 Å². The fraction of sp³-hybridized carbons (Fsp3) is 0.429. The van der Waals surface area contributed by atoms with Crippen molar-refractivity contribution in [1.82, 2.24) is 9.88 Å². The minimum absolute atomic E-state index is 0.936. The van der Waals surface area contributed by atoms with Crippen LogP contribution in [0.15, 0.2) is 30.5 Å². The summed E-state index contributed by atoms with van der Waals surface area (Å²) < 4.78 is 2.37. The predicted molar refractivity (Wildman–Crippen MR) is 77.7 cm³/mol. The number of benzene rings is 1. The highest BCUT2D eigenvalue weighted by atomic mass is 32.2. The Morgan fingerprint density at radius 1 is 1.29 bits per heavy atom. The Morgan fingerprint density at radius 2 is 2.18 bits per heavy atom. The molecule has 0 unspecified atom stereocenters. The van der Waals surface area contributed by atoms with Crippen molar-refractivity contribution < 1.29 is 0 Å². The molecule has 92 valence electrons. The monoisotopic (exact) mass is 248 g/mol. The van der Waals surface area contributed by atoms with Gasteiger partial charge in [0.05, 0.1) is 0 Å². The van der Waals surface area contributed by atoms with Gasteiger partial charge in [-0.3, -0.25) is 0 Å². The average Bonchev–Trinajstić information content (AvgIpc) is 2.73. The number of hydrogen-bond acceptors (Lipinski definition) is 2. The van der Waals surface area contributed by atoms with Crippen molar-refractivity contribution in [3.05, 3.63) is 36.0 Å². The molecule has 1 aromatic heterocycles. The van der Waals surface area contributed by atoms with E-state index in [2.05, 4.69) is 46.6 Å². The summed E-state index contributed by atoms with van der Waals surface area (Å²) in [5.74, 6) is 1.23. The number of nitrogens with one attached hydrogen (secondary N) is 1. The highest BCUT2D eigenvalue weighted by Crippen LogP contribution is 2.18. The zero-order valence-electron chi connectivity index (χ0n) is 10.6. The Kier molecular flexibility index (Phi) is 4.51. The first-order valence-electron chi connectivity index (χ1n) is 6.06. The summed E-state index contributed by atoms with van der Waals surface area (Å²) >= 11 is 1.92. The third-order valence-electron chi connectivity index (χ3n) is 2.97. The molecule has 0 aliphatic carbocycles. The van der Waals surface area contributed by atoms with Crippen LogP contribution in [-0.2, 0) is 13.1 Å². The third-order valence-corrected chi connectivity index (χ3v) is 3.66. The molecule has 0 saturated carbocycles. The summed E-state index contributed by atoms with van der Waals surface area (Å²) in [6.45, 7) is 2.05. The molecule has 0 spiro atoms. The fourth-order valence-electron chi connectivity index (χ4n) is 2.12. The van der Waals surface area contributed by atoms with Crippen LogP contribution in [0, 0.1) is 0 Å². The maximum atomic E-state index is 3.20. The van der Waals surface area contributed by atoms with Crippen molar-refractivity contribution in [2.75, 3.05) is 19.1 Å². The second kappa shape index (κ2) is 6.12. The highest BCUT2D eigenvalue weighted by molar-refractivity contribution is 7.98. The first-order chi connectivity index (χ1) is 8.35. The van der Waals surface area contributed by atoms with Gasteiger partial charge < -0.3 is 9.88 Å². The third kappa shape index (κ3) is 3.05. The summed E-state index contributed by atoms with van der Waals surface area (Å²) in [5.41, 5.74) is 2.71. The van der Waals surface area contributed by atoms with Gasteiger partial charge in [0, 0.05) is 24.8 Å². The maximum absolute atomic E-state index is 3.20. The Bertz CT molecular complexity index is 476. The van der Waals surface area contributed by atoms with Gasteiger partial charge >= 0.3 is 0 Å². The molecule has 1 heterocycles. The first-order valence-corrected chi connectivity index (χ1v) is 7.46. The largest absolute Gasteiger partial charge is 0.347 e. The molecule has 1 aromatic carbocycles. The lowest BCUT2D eigenvalue weighted by atomic mass is 10.1. The van der Waals surface area contributed by atoms with Crippen molar-refractivity contribution >= 4 is 22.7 Å². The van der Waals surface area contributed by atoms with Crippen LogP contribution in [-0.4, -0.2) is 23.6 Å². The average molecular weight is 248 g/mol. The number of aryl methyl sites for hydroxylation is 1. The van der Waals surface area contributed by atoms with E-state index in [1.807, 2.05) is 18.8 Å². The quantitative estimate of drug-likeness (QED) is 0.791. The molecular weight excluding hydrogens is 228 g/mol. The van der Waals surface area contributed by atoms with Crippen LogP contribution in [0.25, 0.3) is 10.9 Å². The van der Waals surface area contributed by atoms with Crippen LogP contribution in [0.5, 0.6) is 0 Å². The fourth-order valence-corrected chi connectivity index (χ4v) is 2.54. The number of hydrogen-bond donors (Lipinski definition) is 1. The summed E-state index contributed by atoms with van der Waals surface area (Å²) in [5, 5.41) is 4.54. The van der Waals surface area contributed by atoms with E-state index in [1.54, 1.807) is 0 Å². The van der Waals surface area contributed by atoms with Gasteiger partial charge in [-0.25, -0.2) is 0 Å². The minimum atomic E-state index is 0.936. The van der Waals surface area contributed by atoms with E-state index in [1.165, 1.54) is 28.6 Å². The van der Waals surface area contributed by atoms with E-state index in [0.717, 1.165) is 13.1 Å². The van der Waals surface area contributed by atoms with Gasteiger partial charge in [0.2, 0.25) is 0 Å². The molecule has 2 rings (SSSR count). The molecule has 3 heteroatoms. The SMILES string of the molecule is CNCc1ccc2ccn(CCCSC)c2c1. The van der Waals surface area contributed by atoms with Crippen LogP contribution >= 0.6 is 11.8 Å². The van der Waals surface area contributed by atoms with Crippen molar-refractivity contribution in [1.29, 1.82) is 0 Å². The van der Waals surface area contributed by atoms with E-state index in [0.29, 0.717) is 0 Å². The topological polar surface area (TPSA) is 17.0 Å². The van der Waals surface area contributed by atoms with Crippen LogP contribution in [0.4, 0.5) is 0 Å². The molecule has 2 nitrogen and oxygen atoms in total. The Labute approximate surface area is 107 Å².